The van der Waals surface area contributed by atoms with E-state index in [1.807, 2.05) is 19.1 Å². The van der Waals surface area contributed by atoms with Crippen molar-refractivity contribution >= 4 is 56.3 Å². The van der Waals surface area contributed by atoms with Crippen LogP contribution in [0, 0.1) is 6.92 Å². The number of nitrogens with two attached hydrogens (primary N) is 1. The summed E-state index contributed by atoms with van der Waals surface area (Å²) in [5.41, 5.74) is 1.03. The second-order valence-corrected chi connectivity index (χ2v) is 11.7. The molecule has 0 atom stereocenters. The normalized spacial score (nSPS) is 11.2. The lowest BCUT2D eigenvalue weighted by atomic mass is 10.1. The van der Waals surface area contributed by atoms with Crippen LogP contribution in [0.5, 0.6) is 11.5 Å². The van der Waals surface area contributed by atoms with Gasteiger partial charge in [0.1, 0.15) is 22.2 Å². The molecule has 0 bridgehead atoms. The summed E-state index contributed by atoms with van der Waals surface area (Å²) in [6.45, 7) is 2.33. The maximum atomic E-state index is 13.6. The van der Waals surface area contributed by atoms with E-state index in [0.717, 1.165) is 28.2 Å². The highest BCUT2D eigenvalue weighted by Crippen LogP contribution is 2.30. The summed E-state index contributed by atoms with van der Waals surface area (Å²) >= 11 is 8.64. The number of hydrogen-bond acceptors (Lipinski definition) is 9. The van der Waals surface area contributed by atoms with Crippen LogP contribution in [-0.2, 0) is 23.2 Å². The number of carbonyl (C=O) groups excluding carboxylic acids is 2. The molecule has 0 fully saturated rings. The van der Waals surface area contributed by atoms with Crippen LogP contribution in [0.3, 0.4) is 0 Å². The number of nitrogens with zero attached hydrogens (tertiary/aromatic N) is 2. The third-order valence-electron chi connectivity index (χ3n) is 5.11. The summed E-state index contributed by atoms with van der Waals surface area (Å²) in [4.78, 5) is 32.5. The fourth-order valence-corrected chi connectivity index (χ4v) is 5.69. The molecular formula is C22H25ClN4O6S3. The van der Waals surface area contributed by atoms with Crippen LogP contribution in [0.4, 0.5) is 0 Å². The van der Waals surface area contributed by atoms with Crippen LogP contribution >= 0.6 is 34.3 Å². The molecule has 1 aromatic carbocycles. The minimum atomic E-state index is -4.22. The van der Waals surface area contributed by atoms with Gasteiger partial charge in [0, 0.05) is 27.9 Å². The number of nitrogens with one attached hydrogen (secondary N) is 1. The Labute approximate surface area is 222 Å². The number of ether oxygens (including phenoxy) is 2. The van der Waals surface area contributed by atoms with Crippen LogP contribution in [0.1, 0.15) is 42.7 Å². The molecule has 3 rings (SSSR count). The zero-order chi connectivity index (χ0) is 26.5. The first-order valence-electron chi connectivity index (χ1n) is 10.6. The molecule has 0 aliphatic heterocycles. The van der Waals surface area contributed by atoms with Crippen LogP contribution in [0.25, 0.3) is 0 Å². The summed E-state index contributed by atoms with van der Waals surface area (Å²) in [7, 11) is -1.18. The molecule has 36 heavy (non-hydrogen) atoms. The molecule has 0 radical (unpaired) electrons. The van der Waals surface area contributed by atoms with Gasteiger partial charge in [-0.1, -0.05) is 11.6 Å². The highest BCUT2D eigenvalue weighted by atomic mass is 35.5. The molecule has 14 heteroatoms. The minimum absolute atomic E-state index is 0.107. The van der Waals surface area contributed by atoms with Gasteiger partial charge in [0.05, 0.1) is 25.1 Å². The van der Waals surface area contributed by atoms with E-state index in [1.54, 1.807) is 21.8 Å². The lowest BCUT2D eigenvalue weighted by Crippen LogP contribution is -2.36. The molecule has 2 amide bonds. The van der Waals surface area contributed by atoms with Crippen molar-refractivity contribution in [1.82, 2.24) is 14.6 Å². The average molecular weight is 573 g/mol. The Morgan fingerprint density at radius 3 is 2.42 bits per heavy atom. The number of methoxy groups -OCH3 is 2. The number of halogens is 1. The standard InChI is InChI=1S/C22H25ClN4O6S3/c1-13-17(32-2)9-14(10-18(13)33-3)22(29)27(8-4-5-15-6-7-19(23)35-15)11-20-25-16(12-34-20)21(28)26-36(24,30)31/h6-7,9-10,12H,4-5,8,11H2,1-3H3,(H,26,28)(H2,24,30,31). The molecule has 10 nitrogen and oxygen atoms in total. The number of carbonyl (C=O) groups is 2. The molecule has 194 valence electrons. The lowest BCUT2D eigenvalue weighted by molar-refractivity contribution is 0.0740. The molecule has 0 aliphatic rings. The van der Waals surface area contributed by atoms with E-state index in [-0.39, 0.29) is 18.1 Å². The Balaban J connectivity index is 1.84. The van der Waals surface area contributed by atoms with Crippen molar-refractivity contribution < 1.29 is 27.5 Å². The van der Waals surface area contributed by atoms with Gasteiger partial charge < -0.3 is 14.4 Å². The summed E-state index contributed by atoms with van der Waals surface area (Å²) < 4.78 is 35.5. The monoisotopic (exact) mass is 572 g/mol. The van der Waals surface area contributed by atoms with Crippen LogP contribution in [0.2, 0.25) is 4.34 Å². The summed E-state index contributed by atoms with van der Waals surface area (Å²) in [5.74, 6) is -0.189. The van der Waals surface area contributed by atoms with Crippen molar-refractivity contribution in [2.24, 2.45) is 5.14 Å². The van der Waals surface area contributed by atoms with Crippen molar-refractivity contribution in [3.63, 3.8) is 0 Å². The zero-order valence-corrected chi connectivity index (χ0v) is 22.9. The SMILES string of the molecule is COc1cc(C(=O)N(CCCc2ccc(Cl)s2)Cc2nc(C(=O)NS(N)(=O)=O)cs2)cc(OC)c1C. The van der Waals surface area contributed by atoms with Crippen molar-refractivity contribution in [2.75, 3.05) is 20.8 Å². The van der Waals surface area contributed by atoms with E-state index in [1.165, 1.54) is 30.9 Å². The summed E-state index contributed by atoms with van der Waals surface area (Å²) in [5, 5.41) is 6.72. The average Bonchev–Trinajstić information content (AvgIpc) is 3.46. The third kappa shape index (κ3) is 7.40. The van der Waals surface area contributed by atoms with E-state index in [4.69, 9.17) is 26.2 Å². The van der Waals surface area contributed by atoms with Gasteiger partial charge in [-0.15, -0.1) is 22.7 Å². The molecule has 0 saturated heterocycles. The number of thiazole rings is 1. The maximum absolute atomic E-state index is 13.6. The molecule has 2 heterocycles. The molecule has 2 aromatic heterocycles. The predicted molar refractivity (Wildman–Crippen MR) is 139 cm³/mol. The van der Waals surface area contributed by atoms with Gasteiger partial charge in [0.25, 0.3) is 22.0 Å². The number of rotatable bonds is 11. The Morgan fingerprint density at radius 1 is 1.19 bits per heavy atom. The van der Waals surface area contributed by atoms with Crippen molar-refractivity contribution in [1.29, 1.82) is 0 Å². The van der Waals surface area contributed by atoms with E-state index in [0.29, 0.717) is 39.4 Å². The third-order valence-corrected chi connectivity index (χ3v) is 7.71. The first-order valence-corrected chi connectivity index (χ1v) is 14.2. The van der Waals surface area contributed by atoms with Gasteiger partial charge in [-0.05, 0) is 44.0 Å². The number of benzene rings is 1. The van der Waals surface area contributed by atoms with E-state index in [2.05, 4.69) is 4.98 Å². The Kier molecular flexibility index (Phi) is 9.30. The minimum Gasteiger partial charge on any atom is -0.496 e. The quantitative estimate of drug-likeness (QED) is 0.359. The van der Waals surface area contributed by atoms with Crippen molar-refractivity contribution in [3.05, 3.63) is 60.7 Å². The fourth-order valence-electron chi connectivity index (χ4n) is 3.41. The van der Waals surface area contributed by atoms with Gasteiger partial charge >= 0.3 is 0 Å². The maximum Gasteiger partial charge on any atom is 0.299 e. The summed E-state index contributed by atoms with van der Waals surface area (Å²) in [6, 6.07) is 7.09. The van der Waals surface area contributed by atoms with Crippen LogP contribution < -0.4 is 19.3 Å². The molecular weight excluding hydrogens is 548 g/mol. The highest BCUT2D eigenvalue weighted by molar-refractivity contribution is 7.87. The molecule has 3 N–H and O–H groups in total. The zero-order valence-electron chi connectivity index (χ0n) is 19.7. The van der Waals surface area contributed by atoms with Gasteiger partial charge in [-0.3, -0.25) is 9.59 Å². The smallest absolute Gasteiger partial charge is 0.299 e. The Morgan fingerprint density at radius 2 is 1.86 bits per heavy atom. The van der Waals surface area contributed by atoms with Gasteiger partial charge in [-0.25, -0.2) is 14.8 Å². The molecule has 0 unspecified atom stereocenters. The molecule has 0 saturated carbocycles. The Hall–Kier alpha value is -2.71. The van der Waals surface area contributed by atoms with Crippen molar-refractivity contribution in [2.45, 2.75) is 26.3 Å². The van der Waals surface area contributed by atoms with Gasteiger partial charge in [-0.2, -0.15) is 8.42 Å². The first-order chi connectivity index (χ1) is 17.0. The fraction of sp³-hybridized carbons (Fsp3) is 0.318. The van der Waals surface area contributed by atoms with Gasteiger partial charge in [0.15, 0.2) is 0 Å². The number of aromatic nitrogens is 1. The molecule has 3 aromatic rings. The van der Waals surface area contributed by atoms with Crippen molar-refractivity contribution in [3.8, 4) is 11.5 Å². The second-order valence-electron chi connectivity index (χ2n) is 7.64. The second kappa shape index (κ2) is 12.0. The van der Waals surface area contributed by atoms with Crippen LogP contribution in [0.15, 0.2) is 29.6 Å². The van der Waals surface area contributed by atoms with Gasteiger partial charge in [0.2, 0.25) is 0 Å². The number of thiophene rings is 1. The van der Waals surface area contributed by atoms with Crippen LogP contribution in [-0.4, -0.2) is 50.9 Å². The Bertz CT molecular complexity index is 1330. The summed E-state index contributed by atoms with van der Waals surface area (Å²) in [6.07, 6.45) is 1.38. The molecule has 0 aliphatic carbocycles. The van der Waals surface area contributed by atoms with E-state index in [9.17, 15) is 18.0 Å². The largest absolute Gasteiger partial charge is 0.496 e. The molecule has 0 spiro atoms. The first kappa shape index (κ1) is 27.9. The van der Waals surface area contributed by atoms with E-state index < -0.39 is 16.1 Å². The predicted octanol–water partition coefficient (Wildman–Crippen LogP) is 3.39. The van der Waals surface area contributed by atoms with E-state index >= 15 is 0 Å². The lowest BCUT2D eigenvalue weighted by Gasteiger charge is -2.23. The number of hydrogen-bond donors (Lipinski definition) is 2. The number of amides is 2. The topological polar surface area (TPSA) is 141 Å². The highest BCUT2D eigenvalue weighted by Gasteiger charge is 2.22. The number of aryl methyl sites for hydroxylation is 1.